The van der Waals surface area contributed by atoms with Crippen molar-refractivity contribution in [3.8, 4) is 0 Å². The number of nitrogens with zero attached hydrogens (tertiary/aromatic N) is 1. The van der Waals surface area contributed by atoms with Gasteiger partial charge < -0.3 is 5.32 Å². The van der Waals surface area contributed by atoms with E-state index in [0.29, 0.717) is 18.2 Å². The van der Waals surface area contributed by atoms with Gasteiger partial charge in [-0.1, -0.05) is 0 Å². The van der Waals surface area contributed by atoms with E-state index in [9.17, 15) is 8.42 Å². The quantitative estimate of drug-likeness (QED) is 0.769. The van der Waals surface area contributed by atoms with Gasteiger partial charge in [-0.05, 0) is 44.0 Å². The number of rotatable bonds is 7. The van der Waals surface area contributed by atoms with Gasteiger partial charge >= 0.3 is 0 Å². The Hall–Kier alpha value is -1.18. The summed E-state index contributed by atoms with van der Waals surface area (Å²) in [5, 5.41) is 3.31. The zero-order valence-corrected chi connectivity index (χ0v) is 12.6. The molecule has 0 saturated heterocycles. The third kappa shape index (κ3) is 3.68. The molecule has 108 valence electrons. The number of fused-ring (bicyclic) bond motifs is 1. The van der Waals surface area contributed by atoms with E-state index in [1.807, 2.05) is 12.1 Å². The standard InChI is InChI=1S/C13H17N3O2S2/c17-20(18,7-1-6-14-10-2-3-10)16-11-4-5-12-13(8-11)19-9-15-12/h4-5,8-10,14,16H,1-3,6-7H2. The van der Waals surface area contributed by atoms with E-state index in [2.05, 4.69) is 15.0 Å². The zero-order chi connectivity index (χ0) is 14.0. The molecule has 0 unspecified atom stereocenters. The second-order valence-corrected chi connectivity index (χ2v) is 7.77. The molecule has 0 atom stereocenters. The summed E-state index contributed by atoms with van der Waals surface area (Å²) in [6, 6.07) is 6.03. The van der Waals surface area contributed by atoms with Gasteiger partial charge in [-0.2, -0.15) is 0 Å². The highest BCUT2D eigenvalue weighted by Crippen LogP contribution is 2.22. The lowest BCUT2D eigenvalue weighted by Gasteiger charge is -2.08. The maximum Gasteiger partial charge on any atom is 0.232 e. The number of aromatic nitrogens is 1. The molecule has 5 nitrogen and oxygen atoms in total. The van der Waals surface area contributed by atoms with E-state index in [0.717, 1.165) is 16.8 Å². The molecule has 0 aliphatic heterocycles. The Kier molecular flexibility index (Phi) is 3.91. The lowest BCUT2D eigenvalue weighted by molar-refractivity contribution is 0.593. The molecule has 1 fully saturated rings. The Labute approximate surface area is 122 Å². The summed E-state index contributed by atoms with van der Waals surface area (Å²) in [4.78, 5) is 4.17. The van der Waals surface area contributed by atoms with Crippen molar-refractivity contribution in [1.29, 1.82) is 0 Å². The molecule has 0 amide bonds. The summed E-state index contributed by atoms with van der Waals surface area (Å²) in [5.74, 6) is 0.146. The Bertz CT molecular complexity index is 692. The summed E-state index contributed by atoms with van der Waals surface area (Å²) in [7, 11) is -3.27. The van der Waals surface area contributed by atoms with Crippen LogP contribution in [0.3, 0.4) is 0 Å². The number of nitrogens with one attached hydrogen (secondary N) is 2. The number of sulfonamides is 1. The average Bonchev–Trinajstić information content (AvgIpc) is 3.11. The van der Waals surface area contributed by atoms with Crippen molar-refractivity contribution in [2.45, 2.75) is 25.3 Å². The summed E-state index contributed by atoms with van der Waals surface area (Å²) in [6.45, 7) is 0.763. The van der Waals surface area contributed by atoms with E-state index in [4.69, 9.17) is 0 Å². The second kappa shape index (κ2) is 5.67. The van der Waals surface area contributed by atoms with Gasteiger partial charge in [0.2, 0.25) is 10.0 Å². The first-order valence-corrected chi connectivity index (χ1v) is 9.23. The predicted molar refractivity (Wildman–Crippen MR) is 82.7 cm³/mol. The minimum atomic E-state index is -3.27. The maximum atomic E-state index is 12.0. The molecule has 1 aromatic heterocycles. The van der Waals surface area contributed by atoms with Gasteiger partial charge in [0.25, 0.3) is 0 Å². The first-order valence-electron chi connectivity index (χ1n) is 6.69. The molecule has 1 aromatic carbocycles. The van der Waals surface area contributed by atoms with Gasteiger partial charge in [0.1, 0.15) is 0 Å². The highest BCUT2D eigenvalue weighted by molar-refractivity contribution is 7.92. The van der Waals surface area contributed by atoms with Gasteiger partial charge in [0, 0.05) is 6.04 Å². The lowest BCUT2D eigenvalue weighted by Crippen LogP contribution is -2.23. The van der Waals surface area contributed by atoms with Crippen LogP contribution in [0.1, 0.15) is 19.3 Å². The van der Waals surface area contributed by atoms with Crippen molar-refractivity contribution < 1.29 is 8.42 Å². The summed E-state index contributed by atoms with van der Waals surface area (Å²) in [5.41, 5.74) is 3.26. The molecule has 0 spiro atoms. The van der Waals surface area contributed by atoms with Crippen LogP contribution >= 0.6 is 11.3 Å². The van der Waals surface area contributed by atoms with Crippen molar-refractivity contribution in [2.24, 2.45) is 0 Å². The molecule has 1 aliphatic carbocycles. The van der Waals surface area contributed by atoms with Crippen LogP contribution in [0.15, 0.2) is 23.7 Å². The first-order chi connectivity index (χ1) is 9.62. The molecule has 20 heavy (non-hydrogen) atoms. The minimum Gasteiger partial charge on any atom is -0.314 e. The highest BCUT2D eigenvalue weighted by atomic mass is 32.2. The molecular formula is C13H17N3O2S2. The normalized spacial score (nSPS) is 15.6. The summed E-state index contributed by atoms with van der Waals surface area (Å²) in [6.07, 6.45) is 3.08. The molecule has 2 aromatic rings. The first kappa shape index (κ1) is 13.8. The monoisotopic (exact) mass is 311 g/mol. The van der Waals surface area contributed by atoms with Crippen LogP contribution in [0.5, 0.6) is 0 Å². The van der Waals surface area contributed by atoms with E-state index < -0.39 is 10.0 Å². The predicted octanol–water partition coefficient (Wildman–Crippen LogP) is 2.18. The number of hydrogen-bond donors (Lipinski definition) is 2. The number of anilines is 1. The minimum absolute atomic E-state index is 0.146. The Morgan fingerprint density at radius 2 is 2.20 bits per heavy atom. The van der Waals surface area contributed by atoms with E-state index in [1.165, 1.54) is 24.2 Å². The molecule has 7 heteroatoms. The number of hydrogen-bond acceptors (Lipinski definition) is 5. The molecular weight excluding hydrogens is 294 g/mol. The van der Waals surface area contributed by atoms with Crippen LogP contribution in [-0.4, -0.2) is 31.7 Å². The van der Waals surface area contributed by atoms with Crippen molar-refractivity contribution in [1.82, 2.24) is 10.3 Å². The topological polar surface area (TPSA) is 71.1 Å². The van der Waals surface area contributed by atoms with Crippen LogP contribution in [-0.2, 0) is 10.0 Å². The Morgan fingerprint density at radius 3 is 3.00 bits per heavy atom. The fraction of sp³-hybridized carbons (Fsp3) is 0.462. The fourth-order valence-corrected chi connectivity index (χ4v) is 3.83. The molecule has 1 heterocycles. The van der Waals surface area contributed by atoms with Crippen LogP contribution in [0.4, 0.5) is 5.69 Å². The SMILES string of the molecule is O=S(=O)(CCCNC1CC1)Nc1ccc2ncsc2c1. The average molecular weight is 311 g/mol. The Balaban J connectivity index is 1.56. The smallest absolute Gasteiger partial charge is 0.232 e. The molecule has 0 bridgehead atoms. The molecule has 0 radical (unpaired) electrons. The third-order valence-electron chi connectivity index (χ3n) is 3.20. The van der Waals surface area contributed by atoms with Crippen molar-refractivity contribution >= 4 is 37.3 Å². The molecule has 1 aliphatic rings. The van der Waals surface area contributed by atoms with Crippen molar-refractivity contribution in [2.75, 3.05) is 17.0 Å². The van der Waals surface area contributed by atoms with Crippen molar-refractivity contribution in [3.05, 3.63) is 23.7 Å². The fourth-order valence-electron chi connectivity index (χ4n) is 2.01. The second-order valence-electron chi connectivity index (χ2n) is 5.04. The van der Waals surface area contributed by atoms with Gasteiger partial charge in [0.05, 0.1) is 27.2 Å². The summed E-state index contributed by atoms with van der Waals surface area (Å²) >= 11 is 1.50. The Morgan fingerprint density at radius 1 is 1.35 bits per heavy atom. The maximum absolute atomic E-state index is 12.0. The molecule has 2 N–H and O–H groups in total. The van der Waals surface area contributed by atoms with Gasteiger partial charge in [-0.15, -0.1) is 11.3 Å². The van der Waals surface area contributed by atoms with E-state index in [-0.39, 0.29) is 5.75 Å². The molecule has 1 saturated carbocycles. The van der Waals surface area contributed by atoms with Crippen molar-refractivity contribution in [3.63, 3.8) is 0 Å². The van der Waals surface area contributed by atoms with E-state index in [1.54, 1.807) is 11.6 Å². The van der Waals surface area contributed by atoms with E-state index >= 15 is 0 Å². The van der Waals surface area contributed by atoms with Crippen LogP contribution in [0, 0.1) is 0 Å². The van der Waals surface area contributed by atoms with Gasteiger partial charge in [-0.25, -0.2) is 13.4 Å². The number of benzene rings is 1. The zero-order valence-electron chi connectivity index (χ0n) is 11.0. The van der Waals surface area contributed by atoms with Gasteiger partial charge in [-0.3, -0.25) is 4.72 Å². The highest BCUT2D eigenvalue weighted by Gasteiger charge is 2.20. The van der Waals surface area contributed by atoms with Crippen LogP contribution in [0.25, 0.3) is 10.2 Å². The molecule has 3 rings (SSSR count). The third-order valence-corrected chi connectivity index (χ3v) is 5.37. The van der Waals surface area contributed by atoms with Crippen LogP contribution < -0.4 is 10.0 Å². The lowest BCUT2D eigenvalue weighted by atomic mass is 10.3. The van der Waals surface area contributed by atoms with Crippen LogP contribution in [0.2, 0.25) is 0 Å². The summed E-state index contributed by atoms with van der Waals surface area (Å²) < 4.78 is 27.6. The van der Waals surface area contributed by atoms with Gasteiger partial charge in [0.15, 0.2) is 0 Å². The number of thiazole rings is 1. The largest absolute Gasteiger partial charge is 0.314 e.